The van der Waals surface area contributed by atoms with Crippen molar-refractivity contribution < 1.29 is 14.3 Å². The number of carbonyl (C=O) groups excluding carboxylic acids is 1. The molecular formula is C25H27FN2O2. The summed E-state index contributed by atoms with van der Waals surface area (Å²) < 4.78 is 13.8. The Hall–Kier alpha value is -3.02. The number of amides is 1. The summed E-state index contributed by atoms with van der Waals surface area (Å²) in [5, 5.41) is 12.0. The standard InChI is InChI=1S/C25H27FN2O2/c26-22-14-7-8-15-23(22)27-24(30)16-18-28(17-9-19-29)25(20-10-3-1-4-11-20)21-12-5-2-6-13-21/h1-8,10-15,25,29H,9,16-19H2,(H,27,30). The molecule has 0 aromatic heterocycles. The topological polar surface area (TPSA) is 52.6 Å². The van der Waals surface area contributed by atoms with Crippen molar-refractivity contribution in [3.8, 4) is 0 Å². The van der Waals surface area contributed by atoms with E-state index in [4.69, 9.17) is 0 Å². The van der Waals surface area contributed by atoms with E-state index in [-0.39, 0.29) is 30.7 Å². The van der Waals surface area contributed by atoms with Gasteiger partial charge in [-0.1, -0.05) is 72.8 Å². The molecule has 0 atom stereocenters. The fourth-order valence-electron chi connectivity index (χ4n) is 3.55. The highest BCUT2D eigenvalue weighted by Crippen LogP contribution is 2.29. The summed E-state index contributed by atoms with van der Waals surface area (Å²) in [5.74, 6) is -0.691. The van der Waals surface area contributed by atoms with Crippen molar-refractivity contribution in [2.45, 2.75) is 18.9 Å². The smallest absolute Gasteiger partial charge is 0.225 e. The van der Waals surface area contributed by atoms with E-state index in [2.05, 4.69) is 34.5 Å². The minimum atomic E-state index is -0.450. The van der Waals surface area contributed by atoms with Gasteiger partial charge in [0, 0.05) is 26.1 Å². The summed E-state index contributed by atoms with van der Waals surface area (Å²) >= 11 is 0. The van der Waals surface area contributed by atoms with Crippen LogP contribution < -0.4 is 5.32 Å². The average Bonchev–Trinajstić information content (AvgIpc) is 2.78. The van der Waals surface area contributed by atoms with E-state index < -0.39 is 5.82 Å². The quantitative estimate of drug-likeness (QED) is 0.516. The number of nitrogens with one attached hydrogen (secondary N) is 1. The Morgan fingerprint density at radius 1 is 0.867 bits per heavy atom. The molecule has 0 bridgehead atoms. The van der Waals surface area contributed by atoms with Crippen LogP contribution in [-0.4, -0.2) is 35.6 Å². The summed E-state index contributed by atoms with van der Waals surface area (Å²) in [6, 6.07) is 26.4. The fourth-order valence-corrected chi connectivity index (χ4v) is 3.55. The average molecular weight is 407 g/mol. The van der Waals surface area contributed by atoms with Gasteiger partial charge in [0.2, 0.25) is 5.91 Å². The van der Waals surface area contributed by atoms with Gasteiger partial charge in [0.1, 0.15) is 5.82 Å². The van der Waals surface area contributed by atoms with E-state index in [1.807, 2.05) is 36.4 Å². The zero-order valence-electron chi connectivity index (χ0n) is 16.9. The second kappa shape index (κ2) is 11.2. The van der Waals surface area contributed by atoms with E-state index in [0.717, 1.165) is 11.1 Å². The lowest BCUT2D eigenvalue weighted by Gasteiger charge is -2.32. The molecule has 3 aromatic carbocycles. The van der Waals surface area contributed by atoms with Crippen molar-refractivity contribution in [3.63, 3.8) is 0 Å². The van der Waals surface area contributed by atoms with E-state index in [9.17, 15) is 14.3 Å². The SMILES string of the molecule is O=C(CCN(CCCO)C(c1ccccc1)c1ccccc1)Nc1ccccc1F. The molecule has 0 unspecified atom stereocenters. The fraction of sp³-hybridized carbons (Fsp3) is 0.240. The Labute approximate surface area is 177 Å². The maximum atomic E-state index is 13.8. The van der Waals surface area contributed by atoms with Crippen LogP contribution in [0.25, 0.3) is 0 Å². The number of anilines is 1. The Morgan fingerprint density at radius 3 is 2.00 bits per heavy atom. The van der Waals surface area contributed by atoms with Crippen molar-refractivity contribution in [1.82, 2.24) is 4.90 Å². The van der Waals surface area contributed by atoms with Crippen LogP contribution in [0.3, 0.4) is 0 Å². The van der Waals surface area contributed by atoms with Gasteiger partial charge in [0.15, 0.2) is 0 Å². The first kappa shape index (κ1) is 21.7. The van der Waals surface area contributed by atoms with Crippen LogP contribution in [0.4, 0.5) is 10.1 Å². The van der Waals surface area contributed by atoms with Gasteiger partial charge in [-0.25, -0.2) is 4.39 Å². The molecule has 5 heteroatoms. The van der Waals surface area contributed by atoms with Gasteiger partial charge in [-0.15, -0.1) is 0 Å². The minimum absolute atomic E-state index is 0.0415. The monoisotopic (exact) mass is 406 g/mol. The predicted octanol–water partition coefficient (Wildman–Crippen LogP) is 4.63. The third kappa shape index (κ3) is 5.99. The molecule has 0 radical (unpaired) electrons. The number of halogens is 1. The van der Waals surface area contributed by atoms with Crippen LogP contribution in [0.2, 0.25) is 0 Å². The third-order valence-corrected chi connectivity index (χ3v) is 4.97. The number of benzene rings is 3. The van der Waals surface area contributed by atoms with Gasteiger partial charge in [-0.05, 0) is 29.7 Å². The van der Waals surface area contributed by atoms with Gasteiger partial charge in [0.25, 0.3) is 0 Å². The maximum absolute atomic E-state index is 13.8. The van der Waals surface area contributed by atoms with E-state index in [1.165, 1.54) is 6.07 Å². The van der Waals surface area contributed by atoms with Crippen LogP contribution in [0.1, 0.15) is 30.0 Å². The van der Waals surface area contributed by atoms with Gasteiger partial charge in [-0.2, -0.15) is 0 Å². The molecule has 156 valence electrons. The first-order valence-electron chi connectivity index (χ1n) is 10.2. The Kier molecular flexibility index (Phi) is 8.12. The summed E-state index contributed by atoms with van der Waals surface area (Å²) in [4.78, 5) is 14.7. The van der Waals surface area contributed by atoms with Gasteiger partial charge in [0.05, 0.1) is 11.7 Å². The largest absolute Gasteiger partial charge is 0.396 e. The number of para-hydroxylation sites is 1. The normalized spacial score (nSPS) is 11.1. The number of hydrogen-bond donors (Lipinski definition) is 2. The van der Waals surface area contributed by atoms with Crippen LogP contribution in [-0.2, 0) is 4.79 Å². The maximum Gasteiger partial charge on any atom is 0.225 e. The highest BCUT2D eigenvalue weighted by molar-refractivity contribution is 5.90. The summed E-state index contributed by atoms with van der Waals surface area (Å²) in [5.41, 5.74) is 2.43. The highest BCUT2D eigenvalue weighted by atomic mass is 19.1. The third-order valence-electron chi connectivity index (χ3n) is 4.97. The molecule has 0 saturated carbocycles. The highest BCUT2D eigenvalue weighted by Gasteiger charge is 2.22. The first-order chi connectivity index (χ1) is 14.7. The zero-order valence-corrected chi connectivity index (χ0v) is 16.9. The lowest BCUT2D eigenvalue weighted by atomic mass is 9.96. The minimum Gasteiger partial charge on any atom is -0.396 e. The molecule has 0 spiro atoms. The molecule has 30 heavy (non-hydrogen) atoms. The van der Waals surface area contributed by atoms with Gasteiger partial charge < -0.3 is 10.4 Å². The molecular weight excluding hydrogens is 379 g/mol. The molecule has 0 fully saturated rings. The van der Waals surface area contributed by atoms with Crippen molar-refractivity contribution >= 4 is 11.6 Å². The molecule has 0 aliphatic heterocycles. The number of hydrogen-bond acceptors (Lipinski definition) is 3. The summed E-state index contributed by atoms with van der Waals surface area (Å²) in [6.45, 7) is 1.20. The molecule has 1 amide bonds. The molecule has 0 aliphatic carbocycles. The molecule has 0 heterocycles. The molecule has 3 aromatic rings. The molecule has 4 nitrogen and oxygen atoms in total. The molecule has 3 rings (SSSR count). The number of rotatable bonds is 10. The zero-order chi connectivity index (χ0) is 21.2. The molecule has 2 N–H and O–H groups in total. The molecule has 0 aliphatic rings. The number of nitrogens with zero attached hydrogens (tertiary/aromatic N) is 1. The van der Waals surface area contributed by atoms with E-state index in [0.29, 0.717) is 19.5 Å². The lowest BCUT2D eigenvalue weighted by Crippen LogP contribution is -2.34. The first-order valence-corrected chi connectivity index (χ1v) is 10.2. The van der Waals surface area contributed by atoms with E-state index in [1.54, 1.807) is 18.2 Å². The lowest BCUT2D eigenvalue weighted by molar-refractivity contribution is -0.116. The second-order valence-electron chi connectivity index (χ2n) is 7.12. The Morgan fingerprint density at radius 2 is 1.43 bits per heavy atom. The van der Waals surface area contributed by atoms with E-state index >= 15 is 0 Å². The van der Waals surface area contributed by atoms with Crippen LogP contribution >= 0.6 is 0 Å². The summed E-state index contributed by atoms with van der Waals surface area (Å²) in [7, 11) is 0. The molecule has 0 saturated heterocycles. The van der Waals surface area contributed by atoms with Crippen LogP contribution in [0.5, 0.6) is 0 Å². The Bertz CT molecular complexity index is 879. The van der Waals surface area contributed by atoms with Crippen molar-refractivity contribution in [3.05, 3.63) is 102 Å². The summed E-state index contributed by atoms with van der Waals surface area (Å²) in [6.07, 6.45) is 0.820. The van der Waals surface area contributed by atoms with Crippen LogP contribution in [0, 0.1) is 5.82 Å². The van der Waals surface area contributed by atoms with Crippen molar-refractivity contribution in [2.24, 2.45) is 0 Å². The second-order valence-corrected chi connectivity index (χ2v) is 7.12. The Balaban J connectivity index is 1.78. The van der Waals surface area contributed by atoms with Gasteiger partial charge >= 0.3 is 0 Å². The number of carbonyl (C=O) groups is 1. The van der Waals surface area contributed by atoms with Crippen LogP contribution in [0.15, 0.2) is 84.9 Å². The van der Waals surface area contributed by atoms with Gasteiger partial charge in [-0.3, -0.25) is 9.69 Å². The number of aliphatic hydroxyl groups excluding tert-OH is 1. The predicted molar refractivity (Wildman–Crippen MR) is 118 cm³/mol. The number of aliphatic hydroxyl groups is 1. The van der Waals surface area contributed by atoms with Crippen molar-refractivity contribution in [2.75, 3.05) is 25.0 Å². The van der Waals surface area contributed by atoms with Crippen molar-refractivity contribution in [1.29, 1.82) is 0 Å².